The van der Waals surface area contributed by atoms with Crippen molar-refractivity contribution in [2.45, 2.75) is 23.1 Å². The number of rotatable bonds is 6. The van der Waals surface area contributed by atoms with Crippen molar-refractivity contribution in [3.05, 3.63) is 90.0 Å². The zero-order chi connectivity index (χ0) is 23.7. The number of imidazole rings is 1. The van der Waals surface area contributed by atoms with E-state index in [0.717, 1.165) is 22.2 Å². The Balaban J connectivity index is 1.40. The number of aromatic amines is 1. The van der Waals surface area contributed by atoms with E-state index in [1.165, 1.54) is 16.1 Å². The van der Waals surface area contributed by atoms with Gasteiger partial charge in [-0.3, -0.25) is 4.79 Å². The van der Waals surface area contributed by atoms with Crippen LogP contribution < -0.4 is 0 Å². The van der Waals surface area contributed by atoms with E-state index in [1.54, 1.807) is 35.2 Å². The molecule has 0 aliphatic carbocycles. The molecule has 0 saturated carbocycles. The highest BCUT2D eigenvalue weighted by Gasteiger charge is 2.43. The predicted molar refractivity (Wildman–Crippen MR) is 133 cm³/mol. The van der Waals surface area contributed by atoms with Crippen molar-refractivity contribution in [3.63, 3.8) is 0 Å². The SMILES string of the molecule is Cc1ccc2nc(SCC(=O)N3CCN(S(=O)(=O)c4ccccc4)[C@@H]3c3ccccc3)[nH]c2c1. The van der Waals surface area contributed by atoms with Crippen LogP contribution in [0.1, 0.15) is 17.3 Å². The lowest BCUT2D eigenvalue weighted by Crippen LogP contribution is -2.38. The molecular formula is C25H24N4O3S2. The Kier molecular flexibility index (Phi) is 6.16. The summed E-state index contributed by atoms with van der Waals surface area (Å²) in [5.41, 5.74) is 3.67. The van der Waals surface area contributed by atoms with Gasteiger partial charge in [0.2, 0.25) is 15.9 Å². The number of nitrogens with zero attached hydrogens (tertiary/aromatic N) is 3. The van der Waals surface area contributed by atoms with Gasteiger partial charge in [-0.1, -0.05) is 66.4 Å². The summed E-state index contributed by atoms with van der Waals surface area (Å²) < 4.78 is 28.3. The van der Waals surface area contributed by atoms with E-state index < -0.39 is 16.2 Å². The standard InChI is InChI=1S/C25H24N4O3S2/c1-18-12-13-21-22(16-18)27-25(26-21)33-17-23(30)28-14-15-29(24(28)19-8-4-2-5-9-19)34(31,32)20-10-6-3-7-11-20/h2-13,16,24H,14-15,17H2,1H3,(H,26,27)/t24-/m1/s1. The van der Waals surface area contributed by atoms with E-state index in [4.69, 9.17) is 0 Å². The molecule has 1 aromatic heterocycles. The summed E-state index contributed by atoms with van der Waals surface area (Å²) in [5.74, 6) is 0.0164. The van der Waals surface area contributed by atoms with Crippen LogP contribution >= 0.6 is 11.8 Å². The molecule has 34 heavy (non-hydrogen) atoms. The Bertz CT molecular complexity index is 1420. The summed E-state index contributed by atoms with van der Waals surface area (Å²) in [6.07, 6.45) is -0.696. The Morgan fingerprint density at radius 1 is 1.03 bits per heavy atom. The first-order valence-corrected chi connectivity index (χ1v) is 13.4. The normalized spacial score (nSPS) is 16.9. The van der Waals surface area contributed by atoms with Crippen LogP contribution in [0.3, 0.4) is 0 Å². The van der Waals surface area contributed by atoms with Gasteiger partial charge in [0.1, 0.15) is 6.17 Å². The zero-order valence-corrected chi connectivity index (χ0v) is 20.2. The maximum atomic E-state index is 13.5. The minimum atomic E-state index is -3.78. The lowest BCUT2D eigenvalue weighted by atomic mass is 10.1. The average molecular weight is 493 g/mol. The first-order chi connectivity index (χ1) is 16.4. The van der Waals surface area contributed by atoms with Crippen molar-refractivity contribution >= 4 is 38.7 Å². The number of thioether (sulfide) groups is 1. The van der Waals surface area contributed by atoms with Crippen molar-refractivity contribution in [2.75, 3.05) is 18.8 Å². The van der Waals surface area contributed by atoms with Gasteiger partial charge in [-0.15, -0.1) is 0 Å². The van der Waals surface area contributed by atoms with Crippen molar-refractivity contribution in [3.8, 4) is 0 Å². The number of amides is 1. The van der Waals surface area contributed by atoms with Crippen LogP contribution in [0.4, 0.5) is 0 Å². The molecule has 3 aromatic carbocycles. The largest absolute Gasteiger partial charge is 0.333 e. The summed E-state index contributed by atoms with van der Waals surface area (Å²) in [6.45, 7) is 2.57. The highest BCUT2D eigenvalue weighted by atomic mass is 32.2. The first kappa shape index (κ1) is 22.6. The molecule has 0 radical (unpaired) electrons. The lowest BCUT2D eigenvalue weighted by Gasteiger charge is -2.30. The van der Waals surface area contributed by atoms with Crippen LogP contribution in [0.2, 0.25) is 0 Å². The van der Waals surface area contributed by atoms with Gasteiger partial charge in [0.05, 0.1) is 21.7 Å². The molecule has 4 aromatic rings. The van der Waals surface area contributed by atoms with Crippen molar-refractivity contribution in [2.24, 2.45) is 0 Å². The van der Waals surface area contributed by atoms with Gasteiger partial charge < -0.3 is 9.88 Å². The second kappa shape index (κ2) is 9.25. The van der Waals surface area contributed by atoms with E-state index in [0.29, 0.717) is 11.7 Å². The molecule has 0 spiro atoms. The number of hydrogen-bond acceptors (Lipinski definition) is 5. The molecule has 5 rings (SSSR count). The quantitative estimate of drug-likeness (QED) is 0.408. The fourth-order valence-electron chi connectivity index (χ4n) is 4.20. The van der Waals surface area contributed by atoms with Gasteiger partial charge in [-0.2, -0.15) is 4.31 Å². The maximum Gasteiger partial charge on any atom is 0.245 e. The summed E-state index contributed by atoms with van der Waals surface area (Å²) >= 11 is 1.32. The molecule has 2 heterocycles. The van der Waals surface area contributed by atoms with Gasteiger partial charge in [0.25, 0.3) is 0 Å². The molecule has 0 unspecified atom stereocenters. The number of sulfonamides is 1. The van der Waals surface area contributed by atoms with Crippen molar-refractivity contribution in [1.82, 2.24) is 19.2 Å². The van der Waals surface area contributed by atoms with Crippen LogP contribution in [0.25, 0.3) is 11.0 Å². The summed E-state index contributed by atoms with van der Waals surface area (Å²) in [7, 11) is -3.78. The fourth-order valence-corrected chi connectivity index (χ4v) is 6.56. The molecular weight excluding hydrogens is 468 g/mol. The average Bonchev–Trinajstić information content (AvgIpc) is 3.48. The molecule has 1 aliphatic rings. The van der Waals surface area contributed by atoms with Gasteiger partial charge >= 0.3 is 0 Å². The Morgan fingerprint density at radius 3 is 2.47 bits per heavy atom. The number of benzene rings is 3. The third kappa shape index (κ3) is 4.34. The van der Waals surface area contributed by atoms with E-state index in [2.05, 4.69) is 9.97 Å². The van der Waals surface area contributed by atoms with Crippen molar-refractivity contribution in [1.29, 1.82) is 0 Å². The predicted octanol–water partition coefficient (Wildman–Crippen LogP) is 4.20. The molecule has 1 atom stereocenters. The van der Waals surface area contributed by atoms with E-state index in [-0.39, 0.29) is 23.1 Å². The summed E-state index contributed by atoms with van der Waals surface area (Å²) in [6, 6.07) is 23.6. The summed E-state index contributed by atoms with van der Waals surface area (Å²) in [4.78, 5) is 23.0. The summed E-state index contributed by atoms with van der Waals surface area (Å²) in [5, 5.41) is 0.665. The van der Waals surface area contributed by atoms with Crippen molar-refractivity contribution < 1.29 is 13.2 Å². The van der Waals surface area contributed by atoms with Crippen LogP contribution in [0.5, 0.6) is 0 Å². The van der Waals surface area contributed by atoms with E-state index in [1.807, 2.05) is 55.5 Å². The van der Waals surface area contributed by atoms with Crippen LogP contribution in [0.15, 0.2) is 88.9 Å². The second-order valence-electron chi connectivity index (χ2n) is 8.15. The van der Waals surface area contributed by atoms with Gasteiger partial charge in [-0.25, -0.2) is 13.4 Å². The fraction of sp³-hybridized carbons (Fsp3) is 0.200. The number of aryl methyl sites for hydroxylation is 1. The van der Waals surface area contributed by atoms with E-state index in [9.17, 15) is 13.2 Å². The number of carbonyl (C=O) groups excluding carboxylic acids is 1. The third-order valence-corrected chi connectivity index (χ3v) is 8.57. The number of fused-ring (bicyclic) bond motifs is 1. The second-order valence-corrected chi connectivity index (χ2v) is 11.0. The molecule has 1 N–H and O–H groups in total. The number of nitrogens with one attached hydrogen (secondary N) is 1. The number of carbonyl (C=O) groups is 1. The Labute approximate surface area is 202 Å². The molecule has 174 valence electrons. The molecule has 1 saturated heterocycles. The molecule has 1 amide bonds. The van der Waals surface area contributed by atoms with Gasteiger partial charge in [-0.05, 0) is 42.3 Å². The van der Waals surface area contributed by atoms with E-state index >= 15 is 0 Å². The van der Waals surface area contributed by atoms with Gasteiger partial charge in [0, 0.05) is 13.1 Å². The van der Waals surface area contributed by atoms with Crippen LogP contribution in [-0.2, 0) is 14.8 Å². The first-order valence-electron chi connectivity index (χ1n) is 10.9. The maximum absolute atomic E-state index is 13.5. The minimum Gasteiger partial charge on any atom is -0.333 e. The monoisotopic (exact) mass is 492 g/mol. The van der Waals surface area contributed by atoms with Crippen LogP contribution in [0, 0.1) is 6.92 Å². The molecule has 9 heteroatoms. The highest BCUT2D eigenvalue weighted by Crippen LogP contribution is 2.35. The molecule has 1 aliphatic heterocycles. The third-order valence-electron chi connectivity index (χ3n) is 5.85. The number of H-pyrrole nitrogens is 1. The molecule has 7 nitrogen and oxygen atoms in total. The molecule has 0 bridgehead atoms. The molecule has 1 fully saturated rings. The zero-order valence-electron chi connectivity index (χ0n) is 18.6. The topological polar surface area (TPSA) is 86.4 Å². The Morgan fingerprint density at radius 2 is 1.74 bits per heavy atom. The number of hydrogen-bond donors (Lipinski definition) is 1. The number of aromatic nitrogens is 2. The Hall–Kier alpha value is -3.14. The van der Waals surface area contributed by atoms with Crippen LogP contribution in [-0.4, -0.2) is 52.3 Å². The minimum absolute atomic E-state index is 0.138. The lowest BCUT2D eigenvalue weighted by molar-refractivity contribution is -0.130. The smallest absolute Gasteiger partial charge is 0.245 e. The van der Waals surface area contributed by atoms with Gasteiger partial charge in [0.15, 0.2) is 5.16 Å². The highest BCUT2D eigenvalue weighted by molar-refractivity contribution is 7.99.